The molecule has 4 aromatic rings. The average molecular weight is 273 g/mol. The van der Waals surface area contributed by atoms with Gasteiger partial charge in [-0.1, -0.05) is 11.6 Å². The van der Waals surface area contributed by atoms with Gasteiger partial charge >= 0.3 is 0 Å². The Morgan fingerprint density at radius 1 is 0.842 bits per heavy atom. The van der Waals surface area contributed by atoms with Gasteiger partial charge in [-0.3, -0.25) is 0 Å². The second-order valence-corrected chi connectivity index (χ2v) is 4.10. The van der Waals surface area contributed by atoms with Gasteiger partial charge in [0.2, 0.25) is 0 Å². The summed E-state index contributed by atoms with van der Waals surface area (Å²) in [4.78, 5) is 24.6. The molecular weight excluding hydrogens is 268 g/mol. The van der Waals surface area contributed by atoms with E-state index in [1.54, 1.807) is 28.2 Å². The molecule has 92 valence electrons. The minimum absolute atomic E-state index is 0.308. The molecule has 0 aliphatic carbocycles. The van der Waals surface area contributed by atoms with E-state index in [1.807, 2.05) is 0 Å². The molecule has 0 bridgehead atoms. The van der Waals surface area contributed by atoms with Crippen LogP contribution in [0.4, 0.5) is 0 Å². The van der Waals surface area contributed by atoms with E-state index in [9.17, 15) is 0 Å². The molecule has 0 saturated carbocycles. The zero-order chi connectivity index (χ0) is 12.8. The molecular formula is C10H5ClN8. The third kappa shape index (κ3) is 1.40. The zero-order valence-electron chi connectivity index (χ0n) is 9.34. The standard InChI is InChI=1S/C10H5ClN8/c11-8-7-10(15-3-13-8)19(5-17-7)18-4-16-6-1-12-2-14-9(6)18/h1-5H. The zero-order valence-corrected chi connectivity index (χ0v) is 10.1. The maximum absolute atomic E-state index is 5.97. The van der Waals surface area contributed by atoms with Gasteiger partial charge in [-0.25, -0.2) is 39.3 Å². The van der Waals surface area contributed by atoms with E-state index in [0.29, 0.717) is 27.5 Å². The van der Waals surface area contributed by atoms with Crippen LogP contribution in [0.3, 0.4) is 0 Å². The van der Waals surface area contributed by atoms with Gasteiger partial charge in [0.1, 0.15) is 36.3 Å². The maximum atomic E-state index is 5.97. The highest BCUT2D eigenvalue weighted by molar-refractivity contribution is 6.33. The van der Waals surface area contributed by atoms with Crippen molar-refractivity contribution < 1.29 is 0 Å². The van der Waals surface area contributed by atoms with Crippen LogP contribution in [0.15, 0.2) is 31.5 Å². The summed E-state index contributed by atoms with van der Waals surface area (Å²) < 4.78 is 3.42. The number of fused-ring (bicyclic) bond motifs is 2. The van der Waals surface area contributed by atoms with Crippen LogP contribution in [0.1, 0.15) is 0 Å². The fourth-order valence-corrected chi connectivity index (χ4v) is 2.04. The minimum atomic E-state index is 0.308. The van der Waals surface area contributed by atoms with Gasteiger partial charge in [0.15, 0.2) is 16.4 Å². The summed E-state index contributed by atoms with van der Waals surface area (Å²) in [6, 6.07) is 0. The second kappa shape index (κ2) is 3.69. The summed E-state index contributed by atoms with van der Waals surface area (Å²) in [5.41, 5.74) is 2.45. The van der Waals surface area contributed by atoms with Crippen LogP contribution in [0.25, 0.3) is 22.3 Å². The van der Waals surface area contributed by atoms with E-state index in [0.717, 1.165) is 0 Å². The van der Waals surface area contributed by atoms with Gasteiger partial charge in [-0.2, -0.15) is 0 Å². The van der Waals surface area contributed by atoms with Gasteiger partial charge in [-0.05, 0) is 0 Å². The first-order valence-electron chi connectivity index (χ1n) is 5.32. The summed E-state index contributed by atoms with van der Waals surface area (Å²) in [6.07, 6.45) is 7.70. The van der Waals surface area contributed by atoms with Crippen molar-refractivity contribution in [3.8, 4) is 0 Å². The molecule has 0 aromatic carbocycles. The van der Waals surface area contributed by atoms with Crippen LogP contribution < -0.4 is 0 Å². The third-order valence-corrected chi connectivity index (χ3v) is 2.98. The second-order valence-electron chi connectivity index (χ2n) is 3.75. The first-order valence-corrected chi connectivity index (χ1v) is 5.69. The molecule has 0 amide bonds. The quantitative estimate of drug-likeness (QED) is 0.479. The smallest absolute Gasteiger partial charge is 0.184 e. The molecule has 9 heteroatoms. The number of hydrogen-bond acceptors (Lipinski definition) is 6. The van der Waals surface area contributed by atoms with E-state index in [-0.39, 0.29) is 0 Å². The topological polar surface area (TPSA) is 87.2 Å². The van der Waals surface area contributed by atoms with Crippen LogP contribution >= 0.6 is 11.6 Å². The Bertz CT molecular complexity index is 895. The van der Waals surface area contributed by atoms with Gasteiger partial charge in [0.05, 0.1) is 6.20 Å². The van der Waals surface area contributed by atoms with Crippen LogP contribution in [0.5, 0.6) is 0 Å². The maximum Gasteiger partial charge on any atom is 0.184 e. The number of halogens is 1. The van der Waals surface area contributed by atoms with E-state index in [1.165, 1.54) is 12.7 Å². The normalized spacial score (nSPS) is 11.4. The molecule has 0 fully saturated rings. The summed E-state index contributed by atoms with van der Waals surface area (Å²) in [5.74, 6) is 0. The van der Waals surface area contributed by atoms with Crippen molar-refractivity contribution in [2.24, 2.45) is 0 Å². The molecule has 0 spiro atoms. The number of aromatic nitrogens is 8. The van der Waals surface area contributed by atoms with Crippen LogP contribution in [0.2, 0.25) is 5.15 Å². The summed E-state index contributed by atoms with van der Waals surface area (Å²) in [5, 5.41) is 0.308. The lowest BCUT2D eigenvalue weighted by atomic mass is 10.5. The first-order chi connectivity index (χ1) is 9.34. The highest BCUT2D eigenvalue weighted by Crippen LogP contribution is 2.18. The molecule has 0 radical (unpaired) electrons. The van der Waals surface area contributed by atoms with E-state index in [4.69, 9.17) is 11.6 Å². The minimum Gasteiger partial charge on any atom is -0.242 e. The largest absolute Gasteiger partial charge is 0.242 e. The van der Waals surface area contributed by atoms with Crippen LogP contribution in [-0.4, -0.2) is 39.3 Å². The molecule has 8 nitrogen and oxygen atoms in total. The lowest BCUT2D eigenvalue weighted by Gasteiger charge is -2.04. The molecule has 0 aliphatic rings. The van der Waals surface area contributed by atoms with Gasteiger partial charge in [0, 0.05) is 0 Å². The molecule has 4 aromatic heterocycles. The van der Waals surface area contributed by atoms with Gasteiger partial charge < -0.3 is 0 Å². The van der Waals surface area contributed by atoms with Crippen molar-refractivity contribution in [1.29, 1.82) is 0 Å². The van der Waals surface area contributed by atoms with Gasteiger partial charge in [-0.15, -0.1) is 0 Å². The summed E-state index contributed by atoms with van der Waals surface area (Å²) in [6.45, 7) is 0. The highest BCUT2D eigenvalue weighted by atomic mass is 35.5. The van der Waals surface area contributed by atoms with Crippen molar-refractivity contribution in [3.05, 3.63) is 36.7 Å². The van der Waals surface area contributed by atoms with E-state index in [2.05, 4.69) is 29.9 Å². The molecule has 0 N–H and O–H groups in total. The SMILES string of the molecule is Clc1ncnc2c1ncn2-n1cnc2cncnc21. The molecule has 0 saturated heterocycles. The molecule has 0 atom stereocenters. The Kier molecular flexibility index (Phi) is 2.00. The van der Waals surface area contributed by atoms with Crippen molar-refractivity contribution >= 4 is 33.9 Å². The number of rotatable bonds is 1. The van der Waals surface area contributed by atoms with Gasteiger partial charge in [0.25, 0.3) is 0 Å². The first kappa shape index (κ1) is 10.3. The third-order valence-electron chi connectivity index (χ3n) is 2.70. The summed E-state index contributed by atoms with van der Waals surface area (Å²) >= 11 is 5.97. The van der Waals surface area contributed by atoms with Crippen molar-refractivity contribution in [2.75, 3.05) is 0 Å². The van der Waals surface area contributed by atoms with E-state index >= 15 is 0 Å². The Balaban J connectivity index is 2.07. The molecule has 0 aliphatic heterocycles. The monoisotopic (exact) mass is 272 g/mol. The van der Waals surface area contributed by atoms with Crippen LogP contribution in [0, 0.1) is 0 Å². The Hall–Kier alpha value is -2.61. The fourth-order valence-electron chi connectivity index (χ4n) is 1.86. The number of imidazole rings is 2. The lowest BCUT2D eigenvalue weighted by molar-refractivity contribution is 0.687. The van der Waals surface area contributed by atoms with Crippen molar-refractivity contribution in [2.45, 2.75) is 0 Å². The van der Waals surface area contributed by atoms with Crippen LogP contribution in [-0.2, 0) is 0 Å². The van der Waals surface area contributed by atoms with Crippen molar-refractivity contribution in [1.82, 2.24) is 39.3 Å². The predicted octanol–water partition coefficient (Wildman–Crippen LogP) is 0.931. The molecule has 4 rings (SSSR count). The molecule has 19 heavy (non-hydrogen) atoms. The lowest BCUT2D eigenvalue weighted by Crippen LogP contribution is -2.07. The Labute approximate surface area is 110 Å². The average Bonchev–Trinajstić information content (AvgIpc) is 3.02. The van der Waals surface area contributed by atoms with E-state index < -0.39 is 0 Å². The molecule has 4 heterocycles. The molecule has 0 unspecified atom stereocenters. The predicted molar refractivity (Wildman–Crippen MR) is 66.5 cm³/mol. The Morgan fingerprint density at radius 2 is 1.63 bits per heavy atom. The Morgan fingerprint density at radius 3 is 2.58 bits per heavy atom. The fraction of sp³-hybridized carbons (Fsp3) is 0. The van der Waals surface area contributed by atoms with Crippen molar-refractivity contribution in [3.63, 3.8) is 0 Å². The summed E-state index contributed by atoms with van der Waals surface area (Å²) in [7, 11) is 0. The number of nitrogens with zero attached hydrogens (tertiary/aromatic N) is 8. The number of hydrogen-bond donors (Lipinski definition) is 0. The highest BCUT2D eigenvalue weighted by Gasteiger charge is 2.12.